The molecule has 1 unspecified atom stereocenters. The van der Waals surface area contributed by atoms with Gasteiger partial charge in [0.25, 0.3) is 0 Å². The fourth-order valence-electron chi connectivity index (χ4n) is 3.73. The zero-order chi connectivity index (χ0) is 20.8. The standard InChI is InChI=1S/C14H14N2.C12H12N2/c1-10-13-7-3-2-5-11(13)9-12-6-4-8-15-14(12)16-10;13-12-11(7-4-8-14-12)9-10-5-2-1-3-6-10/h2-8,10H,9H2,1H3,(H,15,16);1-8H,9H2,(H2,13,14). The maximum absolute atomic E-state index is 5.76. The van der Waals surface area contributed by atoms with Crippen LogP contribution in [0.2, 0.25) is 0 Å². The van der Waals surface area contributed by atoms with E-state index >= 15 is 0 Å². The number of pyridine rings is 2. The molecule has 1 atom stereocenters. The number of rotatable bonds is 2. The van der Waals surface area contributed by atoms with Crippen molar-refractivity contribution in [2.75, 3.05) is 11.1 Å². The van der Waals surface area contributed by atoms with E-state index in [0.717, 1.165) is 24.2 Å². The number of hydrogen-bond acceptors (Lipinski definition) is 4. The van der Waals surface area contributed by atoms with Crippen LogP contribution in [-0.2, 0) is 12.8 Å². The highest BCUT2D eigenvalue weighted by atomic mass is 15.0. The first-order chi connectivity index (χ1) is 14.7. The van der Waals surface area contributed by atoms with Gasteiger partial charge in [-0.05, 0) is 46.9 Å². The number of benzene rings is 2. The average molecular weight is 395 g/mol. The van der Waals surface area contributed by atoms with Gasteiger partial charge in [0, 0.05) is 25.2 Å². The number of nitrogen functional groups attached to an aromatic ring is 1. The fraction of sp³-hybridized carbons (Fsp3) is 0.154. The second-order valence-electron chi connectivity index (χ2n) is 7.46. The summed E-state index contributed by atoms with van der Waals surface area (Å²) < 4.78 is 0. The van der Waals surface area contributed by atoms with Gasteiger partial charge in [0.2, 0.25) is 0 Å². The highest BCUT2D eigenvalue weighted by Gasteiger charge is 2.17. The van der Waals surface area contributed by atoms with Crippen LogP contribution in [0.25, 0.3) is 0 Å². The first-order valence-corrected chi connectivity index (χ1v) is 10.2. The van der Waals surface area contributed by atoms with Gasteiger partial charge in [-0.15, -0.1) is 0 Å². The van der Waals surface area contributed by atoms with Crippen molar-refractivity contribution < 1.29 is 0 Å². The molecule has 4 aromatic rings. The minimum absolute atomic E-state index is 0.326. The second kappa shape index (κ2) is 9.23. The summed E-state index contributed by atoms with van der Waals surface area (Å²) >= 11 is 0. The van der Waals surface area contributed by atoms with E-state index < -0.39 is 0 Å². The maximum Gasteiger partial charge on any atom is 0.129 e. The Hall–Kier alpha value is -3.66. The first-order valence-electron chi connectivity index (χ1n) is 10.2. The van der Waals surface area contributed by atoms with Gasteiger partial charge in [0.05, 0.1) is 6.04 Å². The predicted molar refractivity (Wildman–Crippen MR) is 123 cm³/mol. The van der Waals surface area contributed by atoms with Crippen LogP contribution >= 0.6 is 0 Å². The molecule has 2 aromatic heterocycles. The predicted octanol–water partition coefficient (Wildman–Crippen LogP) is 5.41. The minimum Gasteiger partial charge on any atom is -0.383 e. The summed E-state index contributed by atoms with van der Waals surface area (Å²) in [7, 11) is 0. The number of hydrogen-bond donors (Lipinski definition) is 2. The van der Waals surface area contributed by atoms with Crippen LogP contribution in [0.3, 0.4) is 0 Å². The summed E-state index contributed by atoms with van der Waals surface area (Å²) in [5, 5.41) is 3.47. The number of nitrogens with one attached hydrogen (secondary N) is 1. The summed E-state index contributed by atoms with van der Waals surface area (Å²) in [5.41, 5.74) is 12.1. The summed E-state index contributed by atoms with van der Waals surface area (Å²) in [6.07, 6.45) is 5.37. The van der Waals surface area contributed by atoms with Crippen molar-refractivity contribution in [2.45, 2.75) is 25.8 Å². The van der Waals surface area contributed by atoms with Crippen molar-refractivity contribution in [1.29, 1.82) is 0 Å². The Morgan fingerprint density at radius 1 is 0.833 bits per heavy atom. The summed E-state index contributed by atoms with van der Waals surface area (Å²) in [5.74, 6) is 1.64. The van der Waals surface area contributed by atoms with Crippen LogP contribution in [0.1, 0.15) is 40.8 Å². The molecule has 150 valence electrons. The van der Waals surface area contributed by atoms with Crippen molar-refractivity contribution >= 4 is 11.6 Å². The normalized spacial score (nSPS) is 14.2. The number of nitrogens with two attached hydrogens (primary N) is 1. The van der Waals surface area contributed by atoms with Crippen LogP contribution in [0.15, 0.2) is 91.3 Å². The van der Waals surface area contributed by atoms with E-state index in [-0.39, 0.29) is 0 Å². The number of anilines is 2. The Morgan fingerprint density at radius 2 is 1.53 bits per heavy atom. The molecule has 1 aliphatic rings. The van der Waals surface area contributed by atoms with Crippen molar-refractivity contribution in [3.8, 4) is 0 Å². The molecule has 0 spiro atoms. The molecule has 0 radical (unpaired) electrons. The van der Waals surface area contributed by atoms with Gasteiger partial charge in [-0.3, -0.25) is 0 Å². The molecule has 2 aromatic carbocycles. The monoisotopic (exact) mass is 394 g/mol. The van der Waals surface area contributed by atoms with Crippen molar-refractivity contribution in [3.05, 3.63) is 119 Å². The number of aromatic nitrogens is 2. The zero-order valence-electron chi connectivity index (χ0n) is 17.1. The average Bonchev–Trinajstić information content (AvgIpc) is 2.92. The van der Waals surface area contributed by atoms with Gasteiger partial charge in [-0.1, -0.05) is 66.7 Å². The molecule has 1 aliphatic heterocycles. The first kappa shape index (κ1) is 19.6. The van der Waals surface area contributed by atoms with Crippen molar-refractivity contribution in [2.24, 2.45) is 0 Å². The SMILES string of the molecule is CC1Nc2ncccc2Cc2ccccc21.Nc1ncccc1Cc1ccccc1. The fourth-order valence-corrected chi connectivity index (χ4v) is 3.73. The molecule has 5 rings (SSSR count). The molecule has 0 bridgehead atoms. The Balaban J connectivity index is 0.000000147. The van der Waals surface area contributed by atoms with Gasteiger partial charge >= 0.3 is 0 Å². The lowest BCUT2D eigenvalue weighted by molar-refractivity contribution is 0.873. The zero-order valence-corrected chi connectivity index (χ0v) is 17.1. The van der Waals surface area contributed by atoms with E-state index in [1.54, 1.807) is 6.20 Å². The highest BCUT2D eigenvalue weighted by molar-refractivity contribution is 5.52. The van der Waals surface area contributed by atoms with Gasteiger partial charge in [0.1, 0.15) is 11.6 Å². The molecule has 3 N–H and O–H groups in total. The number of fused-ring (bicyclic) bond motifs is 2. The quantitative estimate of drug-likeness (QED) is 0.477. The van der Waals surface area contributed by atoms with Gasteiger partial charge in [-0.2, -0.15) is 0 Å². The largest absolute Gasteiger partial charge is 0.383 e. The Kier molecular flexibility index (Phi) is 6.04. The summed E-state index contributed by atoms with van der Waals surface area (Å²) in [6, 6.07) is 27.2. The smallest absolute Gasteiger partial charge is 0.129 e. The molecule has 0 saturated carbocycles. The second-order valence-corrected chi connectivity index (χ2v) is 7.46. The van der Waals surface area contributed by atoms with Crippen LogP contribution in [0, 0.1) is 0 Å². The third-order valence-corrected chi connectivity index (χ3v) is 5.31. The van der Waals surface area contributed by atoms with E-state index in [2.05, 4.69) is 64.7 Å². The summed E-state index contributed by atoms with van der Waals surface area (Å²) in [4.78, 5) is 8.45. The lowest BCUT2D eigenvalue weighted by atomic mass is 9.98. The van der Waals surface area contributed by atoms with Gasteiger partial charge in [0.15, 0.2) is 0 Å². The third kappa shape index (κ3) is 4.66. The van der Waals surface area contributed by atoms with Crippen LogP contribution in [0.4, 0.5) is 11.6 Å². The van der Waals surface area contributed by atoms with E-state index in [1.807, 2.05) is 42.6 Å². The molecule has 0 saturated heterocycles. The van der Waals surface area contributed by atoms with Crippen LogP contribution in [-0.4, -0.2) is 9.97 Å². The van der Waals surface area contributed by atoms with E-state index in [9.17, 15) is 0 Å². The van der Waals surface area contributed by atoms with E-state index in [4.69, 9.17) is 5.73 Å². The topological polar surface area (TPSA) is 63.8 Å². The van der Waals surface area contributed by atoms with E-state index in [1.165, 1.54) is 22.3 Å². The summed E-state index contributed by atoms with van der Waals surface area (Å²) in [6.45, 7) is 2.18. The molecular formula is C26H26N4. The third-order valence-electron chi connectivity index (χ3n) is 5.31. The Bertz CT molecular complexity index is 1110. The molecule has 30 heavy (non-hydrogen) atoms. The molecule has 4 nitrogen and oxygen atoms in total. The van der Waals surface area contributed by atoms with Crippen molar-refractivity contribution in [3.63, 3.8) is 0 Å². The molecule has 0 aliphatic carbocycles. The van der Waals surface area contributed by atoms with Gasteiger partial charge in [-0.25, -0.2) is 9.97 Å². The van der Waals surface area contributed by atoms with Crippen LogP contribution in [0.5, 0.6) is 0 Å². The maximum atomic E-state index is 5.76. The lowest BCUT2D eigenvalue weighted by Crippen LogP contribution is -2.07. The molecule has 4 heteroatoms. The highest BCUT2D eigenvalue weighted by Crippen LogP contribution is 2.30. The van der Waals surface area contributed by atoms with Crippen LogP contribution < -0.4 is 11.1 Å². The lowest BCUT2D eigenvalue weighted by Gasteiger charge is -2.14. The van der Waals surface area contributed by atoms with Crippen molar-refractivity contribution in [1.82, 2.24) is 9.97 Å². The minimum atomic E-state index is 0.326. The Morgan fingerprint density at radius 3 is 2.37 bits per heavy atom. The van der Waals surface area contributed by atoms with Gasteiger partial charge < -0.3 is 11.1 Å². The number of nitrogens with zero attached hydrogens (tertiary/aromatic N) is 2. The molecule has 0 fully saturated rings. The molecule has 0 amide bonds. The van der Waals surface area contributed by atoms with E-state index in [0.29, 0.717) is 11.9 Å². The molecular weight excluding hydrogens is 368 g/mol. The Labute approximate surface area is 177 Å². The molecule has 3 heterocycles.